The Labute approximate surface area is 106 Å². The summed E-state index contributed by atoms with van der Waals surface area (Å²) in [5, 5.41) is 21.5. The van der Waals surface area contributed by atoms with Gasteiger partial charge >= 0.3 is 5.97 Å². The molecule has 1 aliphatic rings. The van der Waals surface area contributed by atoms with Crippen LogP contribution in [0, 0.1) is 17.2 Å². The molecule has 0 radical (unpaired) electrons. The Morgan fingerprint density at radius 2 is 2.06 bits per heavy atom. The van der Waals surface area contributed by atoms with Crippen LogP contribution in [0.2, 0.25) is 0 Å². The van der Waals surface area contributed by atoms with Gasteiger partial charge in [-0.15, -0.1) is 0 Å². The molecule has 1 aromatic carbocycles. The van der Waals surface area contributed by atoms with E-state index in [1.807, 2.05) is 12.1 Å². The van der Waals surface area contributed by atoms with Gasteiger partial charge in [-0.3, -0.25) is 4.79 Å². The molecule has 18 heavy (non-hydrogen) atoms. The highest BCUT2D eigenvalue weighted by molar-refractivity contribution is 5.72. The molecular weight excluding hydrogens is 228 g/mol. The smallest absolute Gasteiger partial charge is 0.308 e. The lowest BCUT2D eigenvalue weighted by atomic mass is 9.84. The molecular formula is C14H16N2O2. The Kier molecular flexibility index (Phi) is 3.83. The van der Waals surface area contributed by atoms with Crippen molar-refractivity contribution < 1.29 is 9.90 Å². The molecule has 0 saturated heterocycles. The lowest BCUT2D eigenvalue weighted by Crippen LogP contribution is -2.37. The third kappa shape index (κ3) is 2.62. The number of hydrogen-bond donors (Lipinski definition) is 2. The summed E-state index contributed by atoms with van der Waals surface area (Å²) in [5.74, 6) is -1.10. The predicted molar refractivity (Wildman–Crippen MR) is 68.2 cm³/mol. The van der Waals surface area contributed by atoms with Crippen molar-refractivity contribution in [2.45, 2.75) is 31.7 Å². The molecule has 0 spiro atoms. The fraction of sp³-hybridized carbons (Fsp3) is 0.429. The van der Waals surface area contributed by atoms with Crippen molar-refractivity contribution in [3.05, 3.63) is 29.8 Å². The summed E-state index contributed by atoms with van der Waals surface area (Å²) in [7, 11) is 0. The molecule has 2 atom stereocenters. The molecule has 1 saturated carbocycles. The van der Waals surface area contributed by atoms with Gasteiger partial charge in [0, 0.05) is 6.04 Å². The zero-order chi connectivity index (χ0) is 13.0. The van der Waals surface area contributed by atoms with Gasteiger partial charge in [-0.25, -0.2) is 0 Å². The molecule has 94 valence electrons. The van der Waals surface area contributed by atoms with Crippen LogP contribution in [0.4, 0.5) is 5.69 Å². The number of nitriles is 1. The molecule has 0 amide bonds. The maximum absolute atomic E-state index is 11.2. The van der Waals surface area contributed by atoms with Gasteiger partial charge in [-0.2, -0.15) is 5.26 Å². The van der Waals surface area contributed by atoms with Crippen LogP contribution in [0.25, 0.3) is 0 Å². The Hall–Kier alpha value is -2.02. The van der Waals surface area contributed by atoms with Gasteiger partial charge in [0.25, 0.3) is 0 Å². The maximum Gasteiger partial charge on any atom is 0.308 e. The van der Waals surface area contributed by atoms with E-state index in [2.05, 4.69) is 11.4 Å². The summed E-state index contributed by atoms with van der Waals surface area (Å²) in [6.07, 6.45) is 3.56. The zero-order valence-electron chi connectivity index (χ0n) is 10.1. The molecule has 2 rings (SSSR count). The molecule has 1 aliphatic carbocycles. The highest BCUT2D eigenvalue weighted by Crippen LogP contribution is 2.28. The molecule has 0 aliphatic heterocycles. The summed E-state index contributed by atoms with van der Waals surface area (Å²) >= 11 is 0. The Morgan fingerprint density at radius 1 is 1.33 bits per heavy atom. The predicted octanol–water partition coefficient (Wildman–Crippen LogP) is 2.61. The first-order valence-electron chi connectivity index (χ1n) is 6.21. The van der Waals surface area contributed by atoms with Crippen LogP contribution in [0.15, 0.2) is 24.3 Å². The summed E-state index contributed by atoms with van der Waals surface area (Å²) in [5.41, 5.74) is 1.30. The topological polar surface area (TPSA) is 73.1 Å². The second-order valence-corrected chi connectivity index (χ2v) is 4.64. The molecule has 1 aromatic rings. The van der Waals surface area contributed by atoms with Gasteiger partial charge in [0.05, 0.1) is 17.2 Å². The summed E-state index contributed by atoms with van der Waals surface area (Å²) in [6, 6.07) is 9.26. The number of nitrogens with one attached hydrogen (secondary N) is 1. The highest BCUT2D eigenvalue weighted by atomic mass is 16.4. The van der Waals surface area contributed by atoms with E-state index < -0.39 is 5.97 Å². The molecule has 0 bridgehead atoms. The number of aliphatic carboxylic acids is 1. The lowest BCUT2D eigenvalue weighted by Gasteiger charge is -2.30. The summed E-state index contributed by atoms with van der Waals surface area (Å²) < 4.78 is 0. The van der Waals surface area contributed by atoms with Gasteiger partial charge in [0.1, 0.15) is 6.07 Å². The number of benzene rings is 1. The SMILES string of the molecule is N#Cc1ccccc1NC1CCCCC1C(=O)O. The summed E-state index contributed by atoms with van der Waals surface area (Å²) in [6.45, 7) is 0. The van der Waals surface area contributed by atoms with Crippen LogP contribution >= 0.6 is 0 Å². The highest BCUT2D eigenvalue weighted by Gasteiger charge is 2.30. The molecule has 4 heteroatoms. The van der Waals surface area contributed by atoms with Crippen LogP contribution < -0.4 is 5.32 Å². The van der Waals surface area contributed by atoms with Gasteiger partial charge in [-0.1, -0.05) is 25.0 Å². The number of carboxylic acid groups (broad SMARTS) is 1. The fourth-order valence-electron chi connectivity index (χ4n) is 2.51. The minimum Gasteiger partial charge on any atom is -0.481 e. The number of carbonyl (C=O) groups is 1. The number of hydrogen-bond acceptors (Lipinski definition) is 3. The van der Waals surface area contributed by atoms with Crippen molar-refractivity contribution in [1.82, 2.24) is 0 Å². The van der Waals surface area contributed by atoms with E-state index in [1.54, 1.807) is 12.1 Å². The van der Waals surface area contributed by atoms with Crippen molar-refractivity contribution in [3.63, 3.8) is 0 Å². The first-order chi connectivity index (χ1) is 8.72. The lowest BCUT2D eigenvalue weighted by molar-refractivity contribution is -0.143. The van der Waals surface area contributed by atoms with Crippen molar-refractivity contribution in [2.24, 2.45) is 5.92 Å². The molecule has 2 N–H and O–H groups in total. The Morgan fingerprint density at radius 3 is 2.78 bits per heavy atom. The van der Waals surface area contributed by atoms with Crippen LogP contribution in [0.3, 0.4) is 0 Å². The number of rotatable bonds is 3. The molecule has 1 fully saturated rings. The monoisotopic (exact) mass is 244 g/mol. The fourth-order valence-corrected chi connectivity index (χ4v) is 2.51. The summed E-state index contributed by atoms with van der Waals surface area (Å²) in [4.78, 5) is 11.2. The Balaban J connectivity index is 2.16. The van der Waals surface area contributed by atoms with Gasteiger partial charge in [-0.05, 0) is 25.0 Å². The average Bonchev–Trinajstić information content (AvgIpc) is 2.40. The number of anilines is 1. The van der Waals surface area contributed by atoms with E-state index in [0.29, 0.717) is 12.0 Å². The number of nitrogens with zero attached hydrogens (tertiary/aromatic N) is 1. The number of carboxylic acids is 1. The average molecular weight is 244 g/mol. The maximum atomic E-state index is 11.2. The standard InChI is InChI=1S/C14H16N2O2/c15-9-10-5-1-3-7-12(10)16-13-8-4-2-6-11(13)14(17)18/h1,3,5,7,11,13,16H,2,4,6,8H2,(H,17,18). The van der Waals surface area contributed by atoms with E-state index in [0.717, 1.165) is 24.9 Å². The third-order valence-corrected chi connectivity index (χ3v) is 3.47. The normalized spacial score (nSPS) is 23.1. The van der Waals surface area contributed by atoms with E-state index in [9.17, 15) is 9.90 Å². The van der Waals surface area contributed by atoms with Gasteiger partial charge < -0.3 is 10.4 Å². The molecule has 4 nitrogen and oxygen atoms in total. The van der Waals surface area contributed by atoms with E-state index >= 15 is 0 Å². The Bertz CT molecular complexity index is 479. The van der Waals surface area contributed by atoms with Crippen LogP contribution in [0.1, 0.15) is 31.2 Å². The minimum atomic E-state index is -0.748. The van der Waals surface area contributed by atoms with Crippen LogP contribution in [0.5, 0.6) is 0 Å². The van der Waals surface area contributed by atoms with Gasteiger partial charge in [0.15, 0.2) is 0 Å². The molecule has 0 heterocycles. The van der Waals surface area contributed by atoms with E-state index in [1.165, 1.54) is 0 Å². The second kappa shape index (κ2) is 5.54. The second-order valence-electron chi connectivity index (χ2n) is 4.64. The third-order valence-electron chi connectivity index (χ3n) is 3.47. The van der Waals surface area contributed by atoms with Crippen molar-refractivity contribution in [3.8, 4) is 6.07 Å². The van der Waals surface area contributed by atoms with Crippen LogP contribution in [-0.4, -0.2) is 17.1 Å². The first-order valence-corrected chi connectivity index (χ1v) is 6.21. The minimum absolute atomic E-state index is 0.0780. The largest absolute Gasteiger partial charge is 0.481 e. The van der Waals surface area contributed by atoms with Crippen molar-refractivity contribution in [1.29, 1.82) is 5.26 Å². The zero-order valence-corrected chi connectivity index (χ0v) is 10.1. The number of para-hydroxylation sites is 1. The van der Waals surface area contributed by atoms with Crippen molar-refractivity contribution in [2.75, 3.05) is 5.32 Å². The van der Waals surface area contributed by atoms with Gasteiger partial charge in [0.2, 0.25) is 0 Å². The molecule has 0 aromatic heterocycles. The first kappa shape index (κ1) is 12.4. The molecule has 2 unspecified atom stereocenters. The van der Waals surface area contributed by atoms with Crippen LogP contribution in [-0.2, 0) is 4.79 Å². The van der Waals surface area contributed by atoms with Crippen molar-refractivity contribution >= 4 is 11.7 Å². The van der Waals surface area contributed by atoms with E-state index in [4.69, 9.17) is 5.26 Å². The van der Waals surface area contributed by atoms with E-state index in [-0.39, 0.29) is 12.0 Å². The quantitative estimate of drug-likeness (QED) is 0.857.